The second kappa shape index (κ2) is 4.34. The summed E-state index contributed by atoms with van der Waals surface area (Å²) in [4.78, 5) is 13.1. The highest BCUT2D eigenvalue weighted by Gasteiger charge is 2.15. The fraction of sp³-hybridized carbons (Fsp3) is 0.417. The molecule has 1 amide bonds. The van der Waals surface area contributed by atoms with Gasteiger partial charge in [0.25, 0.3) is 0 Å². The summed E-state index contributed by atoms with van der Waals surface area (Å²) in [5, 5.41) is 0. The van der Waals surface area contributed by atoms with E-state index in [0.29, 0.717) is 6.54 Å². The molecule has 1 heterocycles. The number of hydrogen-bond acceptors (Lipinski definition) is 2. The number of carbonyl (C=O) groups is 1. The third-order valence-electron chi connectivity index (χ3n) is 2.80. The van der Waals surface area contributed by atoms with Gasteiger partial charge in [-0.1, -0.05) is 18.2 Å². The second-order valence-electron chi connectivity index (χ2n) is 3.97. The quantitative estimate of drug-likeness (QED) is 0.789. The maximum atomic E-state index is 11.0. The molecule has 1 aromatic carbocycles. The third-order valence-corrected chi connectivity index (χ3v) is 2.80. The van der Waals surface area contributed by atoms with E-state index in [0.717, 1.165) is 19.4 Å². The lowest BCUT2D eigenvalue weighted by atomic mass is 10.1. The molecule has 15 heavy (non-hydrogen) atoms. The summed E-state index contributed by atoms with van der Waals surface area (Å²) in [5.74, 6) is -0.258. The largest absolute Gasteiger partial charge is 0.368 e. The molecule has 0 atom stereocenters. The molecule has 1 aliphatic rings. The van der Waals surface area contributed by atoms with E-state index in [1.54, 1.807) is 0 Å². The van der Waals surface area contributed by atoms with E-state index in [9.17, 15) is 4.79 Å². The summed E-state index contributed by atoms with van der Waals surface area (Å²) in [6, 6.07) is 8.27. The minimum absolute atomic E-state index is 0.258. The van der Waals surface area contributed by atoms with Gasteiger partial charge in [-0.3, -0.25) is 4.79 Å². The highest BCUT2D eigenvalue weighted by Crippen LogP contribution is 2.25. The first-order valence-electron chi connectivity index (χ1n) is 5.38. The van der Waals surface area contributed by atoms with E-state index in [1.807, 2.05) is 12.1 Å². The number of nitrogens with two attached hydrogens (primary N) is 1. The van der Waals surface area contributed by atoms with Gasteiger partial charge in [-0.25, -0.2) is 0 Å². The molecule has 0 radical (unpaired) electrons. The van der Waals surface area contributed by atoms with Crippen molar-refractivity contribution in [1.82, 2.24) is 0 Å². The number of aryl methyl sites for hydroxylation is 1. The number of amides is 1. The Balaban J connectivity index is 2.28. The summed E-state index contributed by atoms with van der Waals surface area (Å²) in [5.41, 5.74) is 7.76. The minimum Gasteiger partial charge on any atom is -0.368 e. The first kappa shape index (κ1) is 10.0. The van der Waals surface area contributed by atoms with E-state index in [4.69, 9.17) is 5.73 Å². The Bertz CT molecular complexity index is 362. The van der Waals surface area contributed by atoms with Crippen LogP contribution >= 0.6 is 0 Å². The minimum atomic E-state index is -0.258. The van der Waals surface area contributed by atoms with Crippen LogP contribution in [0, 0.1) is 0 Å². The molecular weight excluding hydrogens is 188 g/mol. The van der Waals surface area contributed by atoms with Crippen molar-refractivity contribution < 1.29 is 4.79 Å². The van der Waals surface area contributed by atoms with Gasteiger partial charge in [0.15, 0.2) is 0 Å². The van der Waals surface area contributed by atoms with E-state index >= 15 is 0 Å². The smallest absolute Gasteiger partial charge is 0.236 e. The van der Waals surface area contributed by atoms with Crippen LogP contribution in [0.1, 0.15) is 18.4 Å². The Hall–Kier alpha value is -1.51. The summed E-state index contributed by atoms with van der Waals surface area (Å²) in [7, 11) is 0. The van der Waals surface area contributed by atoms with Crippen LogP contribution in [0.4, 0.5) is 5.69 Å². The standard InChI is InChI=1S/C12H16N2O/c13-12(15)9-14-8-4-3-6-10-5-1-2-7-11(10)14/h1-2,5,7H,3-4,6,8-9H2,(H2,13,15). The zero-order valence-electron chi connectivity index (χ0n) is 8.78. The van der Waals surface area contributed by atoms with Gasteiger partial charge in [0.1, 0.15) is 0 Å². The lowest BCUT2D eigenvalue weighted by molar-refractivity contribution is -0.116. The zero-order valence-corrected chi connectivity index (χ0v) is 8.78. The summed E-state index contributed by atoms with van der Waals surface area (Å²) in [6.07, 6.45) is 3.42. The average molecular weight is 204 g/mol. The Labute approximate surface area is 89.9 Å². The van der Waals surface area contributed by atoms with Crippen LogP contribution in [0.5, 0.6) is 0 Å². The molecule has 3 heteroatoms. The molecule has 0 spiro atoms. The molecule has 0 bridgehead atoms. The van der Waals surface area contributed by atoms with Crippen molar-refractivity contribution in [2.45, 2.75) is 19.3 Å². The van der Waals surface area contributed by atoms with Crippen molar-refractivity contribution >= 4 is 11.6 Å². The molecule has 0 saturated heterocycles. The molecule has 1 aromatic rings. The Morgan fingerprint density at radius 3 is 2.93 bits per heavy atom. The molecule has 3 nitrogen and oxygen atoms in total. The van der Waals surface area contributed by atoms with Gasteiger partial charge < -0.3 is 10.6 Å². The molecule has 80 valence electrons. The number of fused-ring (bicyclic) bond motifs is 1. The van der Waals surface area contributed by atoms with Gasteiger partial charge in [0.05, 0.1) is 6.54 Å². The van der Waals surface area contributed by atoms with Gasteiger partial charge in [-0.15, -0.1) is 0 Å². The average Bonchev–Trinajstić information content (AvgIpc) is 2.41. The molecule has 0 unspecified atom stereocenters. The fourth-order valence-corrected chi connectivity index (χ4v) is 2.12. The number of para-hydroxylation sites is 1. The molecule has 0 aliphatic carbocycles. The van der Waals surface area contributed by atoms with E-state index in [-0.39, 0.29) is 5.91 Å². The second-order valence-corrected chi connectivity index (χ2v) is 3.97. The Morgan fingerprint density at radius 1 is 1.33 bits per heavy atom. The monoisotopic (exact) mass is 204 g/mol. The van der Waals surface area contributed by atoms with Gasteiger partial charge >= 0.3 is 0 Å². The summed E-state index contributed by atoms with van der Waals surface area (Å²) in [6.45, 7) is 1.26. The number of primary amides is 1. The van der Waals surface area contributed by atoms with Crippen LogP contribution in [0.25, 0.3) is 0 Å². The van der Waals surface area contributed by atoms with Crippen LogP contribution in [0.3, 0.4) is 0 Å². The SMILES string of the molecule is NC(=O)CN1CCCCc2ccccc21. The molecule has 1 aliphatic heterocycles. The number of carbonyl (C=O) groups excluding carboxylic acids is 1. The van der Waals surface area contributed by atoms with Crippen LogP contribution in [-0.4, -0.2) is 19.0 Å². The van der Waals surface area contributed by atoms with E-state index in [1.165, 1.54) is 17.7 Å². The number of hydrogen-bond donors (Lipinski definition) is 1. The third kappa shape index (κ3) is 2.29. The van der Waals surface area contributed by atoms with Crippen LogP contribution < -0.4 is 10.6 Å². The number of benzene rings is 1. The van der Waals surface area contributed by atoms with Crippen molar-refractivity contribution in [3.8, 4) is 0 Å². The Morgan fingerprint density at radius 2 is 2.13 bits per heavy atom. The van der Waals surface area contributed by atoms with Gasteiger partial charge in [0, 0.05) is 12.2 Å². The predicted octanol–water partition coefficient (Wildman–Crippen LogP) is 1.31. The molecular formula is C12H16N2O. The highest BCUT2D eigenvalue weighted by atomic mass is 16.1. The van der Waals surface area contributed by atoms with Gasteiger partial charge in [0.2, 0.25) is 5.91 Å². The molecule has 2 N–H and O–H groups in total. The topological polar surface area (TPSA) is 46.3 Å². The fourth-order valence-electron chi connectivity index (χ4n) is 2.12. The molecule has 0 aromatic heterocycles. The van der Waals surface area contributed by atoms with Gasteiger partial charge in [-0.05, 0) is 30.9 Å². The predicted molar refractivity (Wildman–Crippen MR) is 60.8 cm³/mol. The summed E-state index contributed by atoms with van der Waals surface area (Å²) < 4.78 is 0. The number of rotatable bonds is 2. The maximum Gasteiger partial charge on any atom is 0.236 e. The van der Waals surface area contributed by atoms with Crippen LogP contribution in [-0.2, 0) is 11.2 Å². The first-order chi connectivity index (χ1) is 7.27. The van der Waals surface area contributed by atoms with Crippen LogP contribution in [0.2, 0.25) is 0 Å². The summed E-state index contributed by atoms with van der Waals surface area (Å²) >= 11 is 0. The van der Waals surface area contributed by atoms with E-state index < -0.39 is 0 Å². The van der Waals surface area contributed by atoms with Crippen molar-refractivity contribution in [3.63, 3.8) is 0 Å². The highest BCUT2D eigenvalue weighted by molar-refractivity contribution is 5.80. The number of anilines is 1. The van der Waals surface area contributed by atoms with E-state index in [2.05, 4.69) is 17.0 Å². The molecule has 2 rings (SSSR count). The number of nitrogens with zero attached hydrogens (tertiary/aromatic N) is 1. The lowest BCUT2D eigenvalue weighted by Crippen LogP contribution is -2.34. The molecule has 0 saturated carbocycles. The van der Waals surface area contributed by atoms with Crippen molar-refractivity contribution in [3.05, 3.63) is 29.8 Å². The van der Waals surface area contributed by atoms with Gasteiger partial charge in [-0.2, -0.15) is 0 Å². The first-order valence-corrected chi connectivity index (χ1v) is 5.38. The Kier molecular flexibility index (Phi) is 2.90. The van der Waals surface area contributed by atoms with Crippen LogP contribution in [0.15, 0.2) is 24.3 Å². The van der Waals surface area contributed by atoms with Crippen molar-refractivity contribution in [2.75, 3.05) is 18.0 Å². The zero-order chi connectivity index (χ0) is 10.7. The lowest BCUT2D eigenvalue weighted by Gasteiger charge is -2.23. The molecule has 0 fully saturated rings. The maximum absolute atomic E-state index is 11.0. The van der Waals surface area contributed by atoms with Crippen molar-refractivity contribution in [1.29, 1.82) is 0 Å². The van der Waals surface area contributed by atoms with Crippen molar-refractivity contribution in [2.24, 2.45) is 5.73 Å². The normalized spacial score (nSPS) is 15.6.